The van der Waals surface area contributed by atoms with Gasteiger partial charge in [0.1, 0.15) is 5.82 Å². The maximum atomic E-state index is 4.46. The lowest BCUT2D eigenvalue weighted by Gasteiger charge is -2.33. The molecule has 1 aromatic rings. The standard InChI is InChI=1S/C16H29N3/c1-15(2,3)18-13-16(8-5-6-9-16)10-7-14-17-11-12-19(14)4/h11-12,18H,5-10,13H2,1-4H3. The van der Waals surface area contributed by atoms with Crippen LogP contribution in [0.1, 0.15) is 58.7 Å². The Morgan fingerprint density at radius 1 is 1.32 bits per heavy atom. The van der Waals surface area contributed by atoms with Crippen LogP contribution in [0, 0.1) is 5.41 Å². The molecule has 1 fully saturated rings. The van der Waals surface area contributed by atoms with Crippen LogP contribution >= 0.6 is 0 Å². The van der Waals surface area contributed by atoms with Crippen molar-refractivity contribution in [1.29, 1.82) is 0 Å². The molecule has 0 unspecified atom stereocenters. The molecule has 3 nitrogen and oxygen atoms in total. The molecule has 0 spiro atoms. The van der Waals surface area contributed by atoms with E-state index < -0.39 is 0 Å². The van der Waals surface area contributed by atoms with Gasteiger partial charge in [0.2, 0.25) is 0 Å². The van der Waals surface area contributed by atoms with E-state index in [1.165, 1.54) is 37.9 Å². The number of rotatable bonds is 5. The van der Waals surface area contributed by atoms with E-state index in [-0.39, 0.29) is 5.54 Å². The number of nitrogens with zero attached hydrogens (tertiary/aromatic N) is 2. The van der Waals surface area contributed by atoms with Crippen LogP contribution in [0.2, 0.25) is 0 Å². The van der Waals surface area contributed by atoms with Crippen LogP contribution in [0.5, 0.6) is 0 Å². The first kappa shape index (κ1) is 14.6. The van der Waals surface area contributed by atoms with Crippen LogP contribution in [0.3, 0.4) is 0 Å². The smallest absolute Gasteiger partial charge is 0.108 e. The molecule has 1 saturated carbocycles. The number of hydrogen-bond acceptors (Lipinski definition) is 2. The van der Waals surface area contributed by atoms with Gasteiger partial charge in [0.15, 0.2) is 0 Å². The molecule has 0 amide bonds. The molecule has 108 valence electrons. The first-order valence-electron chi connectivity index (χ1n) is 7.62. The van der Waals surface area contributed by atoms with Crippen LogP contribution < -0.4 is 5.32 Å². The van der Waals surface area contributed by atoms with Gasteiger partial charge >= 0.3 is 0 Å². The third kappa shape index (κ3) is 4.07. The summed E-state index contributed by atoms with van der Waals surface area (Å²) in [6.45, 7) is 7.93. The summed E-state index contributed by atoms with van der Waals surface area (Å²) in [7, 11) is 2.09. The molecule has 0 atom stereocenters. The van der Waals surface area contributed by atoms with Crippen LogP contribution in [-0.2, 0) is 13.5 Å². The number of aromatic nitrogens is 2. The highest BCUT2D eigenvalue weighted by atomic mass is 15.0. The minimum Gasteiger partial charge on any atom is -0.338 e. The fraction of sp³-hybridized carbons (Fsp3) is 0.812. The van der Waals surface area contributed by atoms with Crippen molar-refractivity contribution in [2.24, 2.45) is 12.5 Å². The van der Waals surface area contributed by atoms with Gasteiger partial charge < -0.3 is 9.88 Å². The molecule has 1 aromatic heterocycles. The molecule has 0 bridgehead atoms. The summed E-state index contributed by atoms with van der Waals surface area (Å²) in [6.07, 6.45) is 11.9. The highest BCUT2D eigenvalue weighted by Gasteiger charge is 2.34. The number of nitrogens with one attached hydrogen (secondary N) is 1. The van der Waals surface area contributed by atoms with E-state index in [9.17, 15) is 0 Å². The topological polar surface area (TPSA) is 29.9 Å². The lowest BCUT2D eigenvalue weighted by atomic mass is 9.80. The third-order valence-electron chi connectivity index (χ3n) is 4.46. The van der Waals surface area contributed by atoms with E-state index >= 15 is 0 Å². The van der Waals surface area contributed by atoms with E-state index in [0.29, 0.717) is 5.41 Å². The predicted molar refractivity (Wildman–Crippen MR) is 80.2 cm³/mol. The monoisotopic (exact) mass is 263 g/mol. The first-order chi connectivity index (χ1) is 8.90. The maximum absolute atomic E-state index is 4.46. The van der Waals surface area contributed by atoms with E-state index in [2.05, 4.69) is 42.7 Å². The molecule has 0 aliphatic heterocycles. The van der Waals surface area contributed by atoms with Crippen LogP contribution in [0.25, 0.3) is 0 Å². The molecule has 3 heteroatoms. The molecule has 0 aromatic carbocycles. The summed E-state index contributed by atoms with van der Waals surface area (Å²) < 4.78 is 2.15. The normalized spacial score (nSPS) is 18.9. The van der Waals surface area contributed by atoms with Gasteiger partial charge in [-0.15, -0.1) is 0 Å². The molecule has 0 saturated heterocycles. The van der Waals surface area contributed by atoms with E-state index in [1.807, 2.05) is 12.4 Å². The fourth-order valence-corrected chi connectivity index (χ4v) is 3.11. The van der Waals surface area contributed by atoms with E-state index in [0.717, 1.165) is 13.0 Å². The van der Waals surface area contributed by atoms with E-state index in [1.54, 1.807) is 0 Å². The summed E-state index contributed by atoms with van der Waals surface area (Å²) in [6, 6.07) is 0. The zero-order chi connectivity index (χ0) is 13.9. The van der Waals surface area contributed by atoms with Crippen molar-refractivity contribution < 1.29 is 0 Å². The second kappa shape index (κ2) is 5.66. The predicted octanol–water partition coefficient (Wildman–Crippen LogP) is 3.30. The van der Waals surface area contributed by atoms with Gasteiger partial charge in [-0.05, 0) is 45.4 Å². The van der Waals surface area contributed by atoms with Crippen molar-refractivity contribution in [3.05, 3.63) is 18.2 Å². The second-order valence-electron chi connectivity index (χ2n) is 7.27. The second-order valence-corrected chi connectivity index (χ2v) is 7.27. The zero-order valence-corrected chi connectivity index (χ0v) is 13.0. The highest BCUT2D eigenvalue weighted by molar-refractivity contribution is 4.96. The van der Waals surface area contributed by atoms with Gasteiger partial charge in [-0.3, -0.25) is 0 Å². The summed E-state index contributed by atoms with van der Waals surface area (Å²) in [4.78, 5) is 4.46. The van der Waals surface area contributed by atoms with E-state index in [4.69, 9.17) is 0 Å². The average Bonchev–Trinajstić information content (AvgIpc) is 2.93. The van der Waals surface area contributed by atoms with Gasteiger partial charge in [-0.2, -0.15) is 0 Å². The van der Waals surface area contributed by atoms with Crippen LogP contribution in [-0.4, -0.2) is 21.6 Å². The Bertz CT molecular complexity index is 394. The van der Waals surface area contributed by atoms with Crippen molar-refractivity contribution >= 4 is 0 Å². The van der Waals surface area contributed by atoms with Gasteiger partial charge in [0, 0.05) is 37.9 Å². The SMILES string of the molecule is Cn1ccnc1CCC1(CNC(C)(C)C)CCCC1. The minimum absolute atomic E-state index is 0.221. The van der Waals surface area contributed by atoms with Crippen molar-refractivity contribution in [2.45, 2.75) is 64.8 Å². The number of hydrogen-bond donors (Lipinski definition) is 1. The van der Waals surface area contributed by atoms with Crippen LogP contribution in [0.15, 0.2) is 12.4 Å². The molecular formula is C16H29N3. The molecular weight excluding hydrogens is 234 g/mol. The van der Waals surface area contributed by atoms with Gasteiger partial charge in [0.05, 0.1) is 0 Å². The van der Waals surface area contributed by atoms with Crippen molar-refractivity contribution in [3.63, 3.8) is 0 Å². The minimum atomic E-state index is 0.221. The lowest BCUT2D eigenvalue weighted by Crippen LogP contribution is -2.43. The zero-order valence-electron chi connectivity index (χ0n) is 13.0. The first-order valence-corrected chi connectivity index (χ1v) is 7.62. The van der Waals surface area contributed by atoms with Crippen molar-refractivity contribution in [2.75, 3.05) is 6.54 Å². The Morgan fingerprint density at radius 2 is 2.00 bits per heavy atom. The molecule has 2 rings (SSSR count). The molecule has 1 heterocycles. The summed E-state index contributed by atoms with van der Waals surface area (Å²) in [5, 5.41) is 3.72. The Morgan fingerprint density at radius 3 is 2.53 bits per heavy atom. The molecule has 19 heavy (non-hydrogen) atoms. The van der Waals surface area contributed by atoms with Crippen molar-refractivity contribution in [1.82, 2.24) is 14.9 Å². The lowest BCUT2D eigenvalue weighted by molar-refractivity contribution is 0.227. The largest absolute Gasteiger partial charge is 0.338 e. The summed E-state index contributed by atoms with van der Waals surface area (Å²) >= 11 is 0. The number of aryl methyl sites for hydroxylation is 2. The van der Waals surface area contributed by atoms with Crippen molar-refractivity contribution in [3.8, 4) is 0 Å². The Hall–Kier alpha value is -0.830. The fourth-order valence-electron chi connectivity index (χ4n) is 3.11. The van der Waals surface area contributed by atoms with Crippen LogP contribution in [0.4, 0.5) is 0 Å². The molecule has 1 aliphatic carbocycles. The molecule has 1 N–H and O–H groups in total. The third-order valence-corrected chi connectivity index (χ3v) is 4.46. The molecule has 0 radical (unpaired) electrons. The summed E-state index contributed by atoms with van der Waals surface area (Å²) in [5.41, 5.74) is 0.720. The summed E-state index contributed by atoms with van der Waals surface area (Å²) in [5.74, 6) is 1.22. The average molecular weight is 263 g/mol. The Balaban J connectivity index is 1.94. The Labute approximate surface area is 117 Å². The highest BCUT2D eigenvalue weighted by Crippen LogP contribution is 2.41. The number of imidazole rings is 1. The Kier molecular flexibility index (Phi) is 4.34. The molecule has 1 aliphatic rings. The maximum Gasteiger partial charge on any atom is 0.108 e. The quantitative estimate of drug-likeness (QED) is 0.883. The van der Waals surface area contributed by atoms with Gasteiger partial charge in [0.25, 0.3) is 0 Å². The van der Waals surface area contributed by atoms with Gasteiger partial charge in [-0.25, -0.2) is 4.98 Å². The van der Waals surface area contributed by atoms with Gasteiger partial charge in [-0.1, -0.05) is 12.8 Å².